The summed E-state index contributed by atoms with van der Waals surface area (Å²) < 4.78 is 66.3. The highest BCUT2D eigenvalue weighted by Gasteiger charge is 2.26. The fraction of sp³-hybridized carbons (Fsp3) is 0.143. The molecule has 4 rings (SSSR count). The minimum atomic E-state index is -3.78. The summed E-state index contributed by atoms with van der Waals surface area (Å²) in [5.41, 5.74) is 0.852. The maximum Gasteiger partial charge on any atom is 0.415 e. The van der Waals surface area contributed by atoms with Crippen LogP contribution in [-0.4, -0.2) is 31.4 Å². The van der Waals surface area contributed by atoms with Crippen LogP contribution in [0, 0.1) is 11.6 Å². The molecule has 0 saturated carbocycles. The minimum Gasteiger partial charge on any atom is -0.436 e. The van der Waals surface area contributed by atoms with Gasteiger partial charge in [0.1, 0.15) is 17.3 Å². The second kappa shape index (κ2) is 9.00. The van der Waals surface area contributed by atoms with Crippen LogP contribution >= 0.6 is 0 Å². The molecular formula is C21H18F2N4O5S. The van der Waals surface area contributed by atoms with Crippen molar-refractivity contribution < 1.29 is 31.5 Å². The number of nitrogens with zero attached hydrogens (tertiary/aromatic N) is 2. The number of hydrogen-bond donors (Lipinski definition) is 2. The predicted molar refractivity (Wildman–Crippen MR) is 114 cm³/mol. The number of amides is 1. The van der Waals surface area contributed by atoms with E-state index in [0.717, 1.165) is 6.07 Å². The maximum atomic E-state index is 14.5. The summed E-state index contributed by atoms with van der Waals surface area (Å²) in [6.07, 6.45) is 0.679. The third-order valence-electron chi connectivity index (χ3n) is 4.73. The SMILES string of the molecule is CNS(=O)(=O)Nc1ccc(CN2Cc3ccc(Oc4ncccc4F)cc3OC2=O)c(F)c1. The van der Waals surface area contributed by atoms with Crippen LogP contribution in [0.3, 0.4) is 0 Å². The lowest BCUT2D eigenvalue weighted by Crippen LogP contribution is -2.36. The fourth-order valence-electron chi connectivity index (χ4n) is 3.08. The molecule has 33 heavy (non-hydrogen) atoms. The van der Waals surface area contributed by atoms with Crippen LogP contribution < -0.4 is 18.9 Å². The van der Waals surface area contributed by atoms with Crippen molar-refractivity contribution in [2.45, 2.75) is 13.1 Å². The van der Waals surface area contributed by atoms with Crippen molar-refractivity contribution in [3.05, 3.63) is 77.5 Å². The van der Waals surface area contributed by atoms with Crippen LogP contribution in [0.2, 0.25) is 0 Å². The number of hydrogen-bond acceptors (Lipinski definition) is 6. The second-order valence-corrected chi connectivity index (χ2v) is 8.62. The first kappa shape index (κ1) is 22.4. The lowest BCUT2D eigenvalue weighted by Gasteiger charge is -2.28. The van der Waals surface area contributed by atoms with Crippen molar-refractivity contribution in [2.75, 3.05) is 11.8 Å². The molecule has 0 radical (unpaired) electrons. The predicted octanol–water partition coefficient (Wildman–Crippen LogP) is 3.54. The van der Waals surface area contributed by atoms with Gasteiger partial charge < -0.3 is 9.47 Å². The Bertz CT molecular complexity index is 1320. The molecule has 0 aliphatic carbocycles. The Labute approximate surface area is 188 Å². The molecule has 0 fully saturated rings. The zero-order valence-corrected chi connectivity index (χ0v) is 18.0. The first-order valence-electron chi connectivity index (χ1n) is 9.62. The molecule has 1 aliphatic rings. The smallest absolute Gasteiger partial charge is 0.415 e. The lowest BCUT2D eigenvalue weighted by molar-refractivity contribution is 0.134. The number of nitrogens with one attached hydrogen (secondary N) is 2. The topological polar surface area (TPSA) is 110 Å². The van der Waals surface area contributed by atoms with Crippen molar-refractivity contribution in [3.8, 4) is 17.4 Å². The van der Waals surface area contributed by atoms with Gasteiger partial charge in [-0.05, 0) is 36.4 Å². The molecule has 0 unspecified atom stereocenters. The second-order valence-electron chi connectivity index (χ2n) is 7.00. The van der Waals surface area contributed by atoms with Gasteiger partial charge >= 0.3 is 6.09 Å². The van der Waals surface area contributed by atoms with Crippen LogP contribution in [0.1, 0.15) is 11.1 Å². The highest BCUT2D eigenvalue weighted by Crippen LogP contribution is 2.33. The van der Waals surface area contributed by atoms with Crippen molar-refractivity contribution in [1.29, 1.82) is 0 Å². The molecule has 1 aliphatic heterocycles. The van der Waals surface area contributed by atoms with Crippen molar-refractivity contribution in [3.63, 3.8) is 0 Å². The normalized spacial score (nSPS) is 13.3. The van der Waals surface area contributed by atoms with Crippen molar-refractivity contribution >= 4 is 22.0 Å². The molecule has 172 valence electrons. The van der Waals surface area contributed by atoms with Crippen LogP contribution in [0.4, 0.5) is 19.3 Å². The number of halogens is 2. The van der Waals surface area contributed by atoms with E-state index < -0.39 is 27.9 Å². The Kier molecular flexibility index (Phi) is 6.11. The van der Waals surface area contributed by atoms with Crippen molar-refractivity contribution in [1.82, 2.24) is 14.6 Å². The maximum absolute atomic E-state index is 14.5. The number of pyridine rings is 1. The van der Waals surface area contributed by atoms with E-state index in [-0.39, 0.29) is 41.7 Å². The van der Waals surface area contributed by atoms with Gasteiger partial charge in [-0.25, -0.2) is 23.3 Å². The Hall–Kier alpha value is -3.77. The molecule has 9 nitrogen and oxygen atoms in total. The first-order valence-corrected chi connectivity index (χ1v) is 11.1. The molecule has 2 heterocycles. The standard InChI is InChI=1S/C21H18F2N4O5S/c1-24-33(29,30)26-15-6-4-13(18(23)9-15)11-27-12-14-5-7-16(10-19(14)32-21(27)28)31-20-17(22)3-2-8-25-20/h2-10,24,26H,11-12H2,1H3. The molecular weight excluding hydrogens is 458 g/mol. The van der Waals surface area contributed by atoms with E-state index in [9.17, 15) is 22.0 Å². The summed E-state index contributed by atoms with van der Waals surface area (Å²) in [5.74, 6) is -1.06. The van der Waals surface area contributed by atoms with Gasteiger partial charge in [0.2, 0.25) is 0 Å². The van der Waals surface area contributed by atoms with Crippen LogP contribution in [0.15, 0.2) is 54.7 Å². The molecule has 3 aromatic rings. The Morgan fingerprint density at radius 1 is 1.15 bits per heavy atom. The van der Waals surface area contributed by atoms with E-state index in [2.05, 4.69) is 14.4 Å². The zero-order valence-electron chi connectivity index (χ0n) is 17.2. The van der Waals surface area contributed by atoms with Crippen LogP contribution in [0.25, 0.3) is 0 Å². The lowest BCUT2D eigenvalue weighted by atomic mass is 10.1. The van der Waals surface area contributed by atoms with Gasteiger partial charge in [-0.15, -0.1) is 0 Å². The monoisotopic (exact) mass is 476 g/mol. The number of fused-ring (bicyclic) bond motifs is 1. The summed E-state index contributed by atoms with van der Waals surface area (Å²) in [4.78, 5) is 17.6. The molecule has 12 heteroatoms. The highest BCUT2D eigenvalue weighted by molar-refractivity contribution is 7.90. The van der Waals surface area contributed by atoms with Crippen LogP contribution in [-0.2, 0) is 23.3 Å². The molecule has 0 saturated heterocycles. The number of carbonyl (C=O) groups excluding carboxylic acids is 1. The number of carbonyl (C=O) groups is 1. The molecule has 2 aromatic carbocycles. The van der Waals surface area contributed by atoms with E-state index in [1.165, 1.54) is 48.5 Å². The Morgan fingerprint density at radius 2 is 1.97 bits per heavy atom. The highest BCUT2D eigenvalue weighted by atomic mass is 32.2. The third-order valence-corrected chi connectivity index (χ3v) is 5.77. The van der Waals surface area contributed by atoms with E-state index in [1.807, 2.05) is 0 Å². The summed E-state index contributed by atoms with van der Waals surface area (Å²) in [6, 6.07) is 11.1. The molecule has 0 spiro atoms. The molecule has 2 N–H and O–H groups in total. The van der Waals surface area contributed by atoms with Gasteiger partial charge in [-0.3, -0.25) is 9.62 Å². The summed E-state index contributed by atoms with van der Waals surface area (Å²) in [5, 5.41) is 0. The molecule has 1 amide bonds. The van der Waals surface area contributed by atoms with E-state index in [4.69, 9.17) is 9.47 Å². The van der Waals surface area contributed by atoms with Gasteiger partial charge in [-0.1, -0.05) is 6.07 Å². The van der Waals surface area contributed by atoms with E-state index in [0.29, 0.717) is 5.56 Å². The average Bonchev–Trinajstić information content (AvgIpc) is 2.77. The summed E-state index contributed by atoms with van der Waals surface area (Å²) in [6.45, 7) is 0.0422. The quantitative estimate of drug-likeness (QED) is 0.540. The minimum absolute atomic E-state index is 0.0361. The number of anilines is 1. The molecule has 1 aromatic heterocycles. The van der Waals surface area contributed by atoms with E-state index >= 15 is 0 Å². The number of ether oxygens (including phenoxy) is 2. The van der Waals surface area contributed by atoms with E-state index in [1.54, 1.807) is 12.1 Å². The summed E-state index contributed by atoms with van der Waals surface area (Å²) in [7, 11) is -2.56. The van der Waals surface area contributed by atoms with Gasteiger partial charge in [0.05, 0.1) is 18.8 Å². The Balaban J connectivity index is 1.47. The molecule has 0 bridgehead atoms. The fourth-order valence-corrected chi connectivity index (χ4v) is 3.62. The number of rotatable bonds is 7. The number of aromatic nitrogens is 1. The van der Waals surface area contributed by atoms with Gasteiger partial charge in [-0.2, -0.15) is 8.42 Å². The van der Waals surface area contributed by atoms with Gasteiger partial charge in [0.15, 0.2) is 5.82 Å². The van der Waals surface area contributed by atoms with Gasteiger partial charge in [0.25, 0.3) is 16.1 Å². The van der Waals surface area contributed by atoms with Gasteiger partial charge in [0, 0.05) is 30.4 Å². The zero-order chi connectivity index (χ0) is 23.6. The van der Waals surface area contributed by atoms with Crippen molar-refractivity contribution in [2.24, 2.45) is 0 Å². The Morgan fingerprint density at radius 3 is 2.70 bits per heavy atom. The first-order chi connectivity index (χ1) is 15.7. The summed E-state index contributed by atoms with van der Waals surface area (Å²) >= 11 is 0. The third kappa shape index (κ3) is 5.18. The average molecular weight is 476 g/mol. The van der Waals surface area contributed by atoms with Crippen LogP contribution in [0.5, 0.6) is 17.4 Å². The number of benzene rings is 2. The largest absolute Gasteiger partial charge is 0.436 e. The molecule has 0 atom stereocenters.